The number of carbonyl (C=O) groups is 3. The van der Waals surface area contributed by atoms with Crippen LogP contribution >= 0.6 is 0 Å². The number of likely N-dealkylation sites (tertiary alicyclic amines) is 1. The van der Waals surface area contributed by atoms with Gasteiger partial charge >= 0.3 is 12.1 Å². The lowest BCUT2D eigenvalue weighted by molar-refractivity contribution is -0.143. The van der Waals surface area contributed by atoms with Gasteiger partial charge in [0, 0.05) is 25.6 Å². The van der Waals surface area contributed by atoms with Crippen molar-refractivity contribution in [3.63, 3.8) is 0 Å². The van der Waals surface area contributed by atoms with Crippen LogP contribution in [0.15, 0.2) is 48.5 Å². The molecule has 2 aliphatic carbocycles. The summed E-state index contributed by atoms with van der Waals surface area (Å²) in [4.78, 5) is 39.4. The Balaban J connectivity index is 1.22. The zero-order valence-corrected chi connectivity index (χ0v) is 20.0. The monoisotopic (exact) mass is 476 g/mol. The Bertz CT molecular complexity index is 1090. The summed E-state index contributed by atoms with van der Waals surface area (Å²) in [6.45, 7) is 3.00. The van der Waals surface area contributed by atoms with E-state index >= 15 is 0 Å². The van der Waals surface area contributed by atoms with Crippen molar-refractivity contribution >= 4 is 18.0 Å². The first-order valence-electron chi connectivity index (χ1n) is 12.5. The van der Waals surface area contributed by atoms with Gasteiger partial charge in [0.25, 0.3) is 0 Å². The SMILES string of the molecule is C[C@@H]1CN(C(=O)C2(CNC(=O)OCC3c4ccccc4-c4ccccc43)CCCC2)C[C@H]1C(=O)O. The van der Waals surface area contributed by atoms with Gasteiger partial charge in [-0.05, 0) is 41.0 Å². The van der Waals surface area contributed by atoms with Crippen LogP contribution in [0.1, 0.15) is 49.7 Å². The summed E-state index contributed by atoms with van der Waals surface area (Å²) in [5.41, 5.74) is 3.97. The molecule has 2 amide bonds. The van der Waals surface area contributed by atoms with Crippen molar-refractivity contribution in [1.29, 1.82) is 0 Å². The second kappa shape index (κ2) is 9.36. The van der Waals surface area contributed by atoms with Crippen LogP contribution < -0.4 is 5.32 Å². The largest absolute Gasteiger partial charge is 0.481 e. The highest BCUT2D eigenvalue weighted by molar-refractivity contribution is 5.85. The van der Waals surface area contributed by atoms with Gasteiger partial charge in [0.05, 0.1) is 11.3 Å². The van der Waals surface area contributed by atoms with Gasteiger partial charge in [-0.15, -0.1) is 0 Å². The first-order valence-corrected chi connectivity index (χ1v) is 12.5. The van der Waals surface area contributed by atoms with Gasteiger partial charge < -0.3 is 20.1 Å². The Kier molecular flexibility index (Phi) is 6.26. The molecule has 1 saturated heterocycles. The quantitative estimate of drug-likeness (QED) is 0.649. The molecule has 7 nitrogen and oxygen atoms in total. The van der Waals surface area contributed by atoms with Crippen molar-refractivity contribution in [2.75, 3.05) is 26.2 Å². The number of carboxylic acid groups (broad SMARTS) is 1. The predicted molar refractivity (Wildman–Crippen MR) is 131 cm³/mol. The fourth-order valence-electron chi connectivity index (χ4n) is 6.20. The lowest BCUT2D eigenvalue weighted by Gasteiger charge is -2.32. The first kappa shape index (κ1) is 23.4. The van der Waals surface area contributed by atoms with Gasteiger partial charge in [0.2, 0.25) is 5.91 Å². The molecule has 3 aliphatic rings. The predicted octanol–water partition coefficient (Wildman–Crippen LogP) is 4.26. The smallest absolute Gasteiger partial charge is 0.407 e. The van der Waals surface area contributed by atoms with Crippen LogP contribution in [0, 0.1) is 17.3 Å². The number of ether oxygens (including phenoxy) is 1. The molecule has 1 saturated carbocycles. The van der Waals surface area contributed by atoms with E-state index in [1.165, 1.54) is 11.1 Å². The maximum atomic E-state index is 13.5. The van der Waals surface area contributed by atoms with Crippen LogP contribution in [0.25, 0.3) is 11.1 Å². The van der Waals surface area contributed by atoms with Gasteiger partial charge in [-0.2, -0.15) is 0 Å². The number of hydrogen-bond acceptors (Lipinski definition) is 4. The minimum atomic E-state index is -0.856. The zero-order valence-electron chi connectivity index (χ0n) is 20.0. The number of amides is 2. The van der Waals surface area contributed by atoms with E-state index in [2.05, 4.69) is 29.6 Å². The van der Waals surface area contributed by atoms with Crippen LogP contribution in [-0.4, -0.2) is 54.2 Å². The normalized spacial score (nSPS) is 22.5. The van der Waals surface area contributed by atoms with Crippen molar-refractivity contribution in [1.82, 2.24) is 10.2 Å². The number of carbonyl (C=O) groups excluding carboxylic acids is 2. The third-order valence-corrected chi connectivity index (χ3v) is 8.15. The molecule has 2 aromatic rings. The van der Waals surface area contributed by atoms with Crippen LogP contribution in [0.2, 0.25) is 0 Å². The van der Waals surface area contributed by atoms with E-state index in [0.29, 0.717) is 19.4 Å². The molecule has 1 heterocycles. The molecule has 0 aromatic heterocycles. The van der Waals surface area contributed by atoms with E-state index in [0.717, 1.165) is 24.0 Å². The summed E-state index contributed by atoms with van der Waals surface area (Å²) in [5, 5.41) is 12.3. The standard InChI is InChI=1S/C28H32N2O5/c1-18-14-30(15-23(18)25(31)32)26(33)28(12-6-7-13-28)17-29-27(34)35-16-24-21-10-4-2-8-19(21)20-9-3-5-11-22(20)24/h2-5,8-11,18,23-24H,6-7,12-17H2,1H3,(H,29,34)(H,31,32)/t18-,23-/m1/s1. The Morgan fingerprint density at radius 3 is 2.17 bits per heavy atom. The summed E-state index contributed by atoms with van der Waals surface area (Å²) in [7, 11) is 0. The number of nitrogens with zero attached hydrogens (tertiary/aromatic N) is 1. The molecule has 7 heteroatoms. The number of carboxylic acids is 1. The van der Waals surface area contributed by atoms with E-state index in [9.17, 15) is 19.5 Å². The summed E-state index contributed by atoms with van der Waals surface area (Å²) >= 11 is 0. The Morgan fingerprint density at radius 1 is 1.00 bits per heavy atom. The molecule has 1 aliphatic heterocycles. The number of nitrogens with one attached hydrogen (secondary N) is 1. The molecule has 5 rings (SSSR count). The van der Waals surface area contributed by atoms with Gasteiger partial charge in [-0.25, -0.2) is 4.79 Å². The van der Waals surface area contributed by atoms with E-state index in [-0.39, 0.29) is 37.4 Å². The van der Waals surface area contributed by atoms with Crippen molar-refractivity contribution in [3.05, 3.63) is 59.7 Å². The molecular formula is C28H32N2O5. The lowest BCUT2D eigenvalue weighted by atomic mass is 9.84. The second-order valence-corrected chi connectivity index (χ2v) is 10.3. The summed E-state index contributed by atoms with van der Waals surface area (Å²) < 4.78 is 5.66. The van der Waals surface area contributed by atoms with E-state index in [4.69, 9.17) is 4.74 Å². The molecule has 0 radical (unpaired) electrons. The molecular weight excluding hydrogens is 444 g/mol. The van der Waals surface area contributed by atoms with Crippen molar-refractivity contribution in [2.24, 2.45) is 17.3 Å². The fraction of sp³-hybridized carbons (Fsp3) is 0.464. The average Bonchev–Trinajstić information content (AvgIpc) is 3.57. The highest BCUT2D eigenvalue weighted by Crippen LogP contribution is 2.45. The maximum absolute atomic E-state index is 13.5. The third kappa shape index (κ3) is 4.28. The molecule has 2 N–H and O–H groups in total. The number of aliphatic carboxylic acids is 1. The summed E-state index contributed by atoms with van der Waals surface area (Å²) in [5.74, 6) is -1.53. The van der Waals surface area contributed by atoms with E-state index < -0.39 is 23.4 Å². The molecule has 2 fully saturated rings. The fourth-order valence-corrected chi connectivity index (χ4v) is 6.20. The lowest BCUT2D eigenvalue weighted by Crippen LogP contribution is -2.48. The van der Waals surface area contributed by atoms with Crippen LogP contribution in [-0.2, 0) is 14.3 Å². The van der Waals surface area contributed by atoms with Gasteiger partial charge in [0.1, 0.15) is 6.61 Å². The van der Waals surface area contributed by atoms with Gasteiger partial charge in [-0.1, -0.05) is 68.3 Å². The molecule has 35 heavy (non-hydrogen) atoms. The number of alkyl carbamates (subject to hydrolysis) is 1. The Hall–Kier alpha value is -3.35. The van der Waals surface area contributed by atoms with Crippen molar-refractivity contribution in [2.45, 2.75) is 38.5 Å². The molecule has 0 bridgehead atoms. The maximum Gasteiger partial charge on any atom is 0.407 e. The van der Waals surface area contributed by atoms with Crippen LogP contribution in [0.5, 0.6) is 0 Å². The number of benzene rings is 2. The van der Waals surface area contributed by atoms with Crippen molar-refractivity contribution < 1.29 is 24.2 Å². The van der Waals surface area contributed by atoms with Crippen LogP contribution in [0.3, 0.4) is 0 Å². The van der Waals surface area contributed by atoms with Gasteiger partial charge in [-0.3, -0.25) is 9.59 Å². The topological polar surface area (TPSA) is 95.9 Å². The zero-order chi connectivity index (χ0) is 24.6. The number of fused-ring (bicyclic) bond motifs is 3. The number of rotatable bonds is 6. The Labute approximate surface area is 205 Å². The third-order valence-electron chi connectivity index (χ3n) is 8.15. The molecule has 184 valence electrons. The summed E-state index contributed by atoms with van der Waals surface area (Å²) in [6, 6.07) is 16.4. The minimum Gasteiger partial charge on any atom is -0.481 e. The number of hydrogen-bond donors (Lipinski definition) is 2. The van der Waals surface area contributed by atoms with E-state index in [1.807, 2.05) is 31.2 Å². The molecule has 2 atom stereocenters. The first-order chi connectivity index (χ1) is 16.9. The molecule has 2 aromatic carbocycles. The minimum absolute atomic E-state index is 0.0192. The Morgan fingerprint density at radius 2 is 1.60 bits per heavy atom. The second-order valence-electron chi connectivity index (χ2n) is 10.3. The average molecular weight is 477 g/mol. The molecule has 0 unspecified atom stereocenters. The summed E-state index contributed by atoms with van der Waals surface area (Å²) in [6.07, 6.45) is 2.70. The highest BCUT2D eigenvalue weighted by Gasteiger charge is 2.47. The molecule has 0 spiro atoms. The van der Waals surface area contributed by atoms with E-state index in [1.54, 1.807) is 4.90 Å². The van der Waals surface area contributed by atoms with Crippen LogP contribution in [0.4, 0.5) is 4.79 Å². The highest BCUT2D eigenvalue weighted by atomic mass is 16.5. The van der Waals surface area contributed by atoms with Crippen molar-refractivity contribution in [3.8, 4) is 11.1 Å². The van der Waals surface area contributed by atoms with Gasteiger partial charge in [0.15, 0.2) is 0 Å².